The number of hydrogen-bond donors (Lipinski definition) is 1. The number of nitrogens with one attached hydrogen (secondary N) is 1. The number of hydrogen-bond acceptors (Lipinski definition) is 4. The van der Waals surface area contributed by atoms with Crippen LogP contribution in [0.2, 0.25) is 4.34 Å². The van der Waals surface area contributed by atoms with Gasteiger partial charge in [-0.1, -0.05) is 39.7 Å². The summed E-state index contributed by atoms with van der Waals surface area (Å²) in [5.74, 6) is -0.274. The number of carbonyl (C=O) groups is 1. The largest absolute Gasteiger partial charge is 0.348 e. The van der Waals surface area contributed by atoms with E-state index in [1.54, 1.807) is 6.07 Å². The summed E-state index contributed by atoms with van der Waals surface area (Å²) >= 11 is 10.3. The highest BCUT2D eigenvalue weighted by Gasteiger charge is 2.40. The van der Waals surface area contributed by atoms with Crippen LogP contribution < -0.4 is 5.32 Å². The predicted molar refractivity (Wildman–Crippen MR) is 107 cm³/mol. The van der Waals surface area contributed by atoms with Gasteiger partial charge < -0.3 is 5.32 Å². The van der Waals surface area contributed by atoms with Crippen LogP contribution in [0.4, 0.5) is 0 Å². The topological polar surface area (TPSA) is 66.5 Å². The molecule has 0 bridgehead atoms. The second kappa shape index (κ2) is 7.98. The van der Waals surface area contributed by atoms with Gasteiger partial charge in [-0.25, -0.2) is 8.42 Å². The minimum atomic E-state index is -3.72. The Morgan fingerprint density at radius 1 is 1.31 bits per heavy atom. The second-order valence-electron chi connectivity index (χ2n) is 6.11. The molecule has 1 saturated heterocycles. The lowest BCUT2D eigenvalue weighted by atomic mass is 10.1. The number of halogens is 2. The molecular formula is C17H18BrClN2O3S2. The Kier molecular flexibility index (Phi) is 6.08. The normalized spacial score (nSPS) is 19.4. The first kappa shape index (κ1) is 19.8. The van der Waals surface area contributed by atoms with Crippen molar-refractivity contribution in [1.29, 1.82) is 0 Å². The summed E-state index contributed by atoms with van der Waals surface area (Å²) in [6.45, 7) is 2.22. The highest BCUT2D eigenvalue weighted by atomic mass is 79.9. The van der Waals surface area contributed by atoms with Crippen LogP contribution in [0.25, 0.3) is 0 Å². The number of thiophene rings is 1. The summed E-state index contributed by atoms with van der Waals surface area (Å²) in [5, 5.41) is 2.93. The zero-order valence-electron chi connectivity index (χ0n) is 14.0. The molecule has 0 spiro atoms. The lowest BCUT2D eigenvalue weighted by Crippen LogP contribution is -2.46. The first-order chi connectivity index (χ1) is 12.3. The first-order valence-electron chi connectivity index (χ1n) is 8.12. The van der Waals surface area contributed by atoms with Gasteiger partial charge in [0.15, 0.2) is 0 Å². The Morgan fingerprint density at radius 2 is 2.00 bits per heavy atom. The maximum atomic E-state index is 12.8. The molecule has 1 aromatic heterocycles. The van der Waals surface area contributed by atoms with Gasteiger partial charge in [-0.05, 0) is 49.6 Å². The maximum Gasteiger partial charge on any atom is 0.253 e. The molecule has 140 valence electrons. The van der Waals surface area contributed by atoms with E-state index in [0.717, 1.165) is 21.4 Å². The van der Waals surface area contributed by atoms with Crippen LogP contribution in [0.3, 0.4) is 0 Å². The number of carbonyl (C=O) groups excluding carboxylic acids is 1. The van der Waals surface area contributed by atoms with E-state index >= 15 is 0 Å². The van der Waals surface area contributed by atoms with Crippen LogP contribution in [0.5, 0.6) is 0 Å². The molecular weight excluding hydrogens is 460 g/mol. The van der Waals surface area contributed by atoms with Crippen molar-refractivity contribution in [2.24, 2.45) is 0 Å². The fraction of sp³-hybridized carbons (Fsp3) is 0.353. The van der Waals surface area contributed by atoms with Crippen molar-refractivity contribution in [3.05, 3.63) is 50.8 Å². The predicted octanol–water partition coefficient (Wildman–Crippen LogP) is 4.19. The second-order valence-corrected chi connectivity index (χ2v) is 10.9. The van der Waals surface area contributed by atoms with Gasteiger partial charge in [0, 0.05) is 11.0 Å². The quantitative estimate of drug-likeness (QED) is 0.702. The summed E-state index contributed by atoms with van der Waals surface area (Å²) in [5.41, 5.74) is 0.957. The fourth-order valence-electron chi connectivity index (χ4n) is 2.99. The molecule has 1 amide bonds. The minimum absolute atomic E-state index is 0.170. The molecule has 9 heteroatoms. The molecule has 1 aromatic carbocycles. The average molecular weight is 478 g/mol. The van der Waals surface area contributed by atoms with Gasteiger partial charge in [-0.3, -0.25) is 4.79 Å². The van der Waals surface area contributed by atoms with Crippen LogP contribution in [0, 0.1) is 0 Å². The molecule has 26 heavy (non-hydrogen) atoms. The van der Waals surface area contributed by atoms with Crippen molar-refractivity contribution >= 4 is 54.8 Å². The lowest BCUT2D eigenvalue weighted by molar-refractivity contribution is -0.124. The maximum absolute atomic E-state index is 12.8. The first-order valence-corrected chi connectivity index (χ1v) is 11.5. The molecule has 0 aliphatic carbocycles. The molecule has 2 aromatic rings. The average Bonchev–Trinajstić information content (AvgIpc) is 3.24. The van der Waals surface area contributed by atoms with Crippen molar-refractivity contribution in [3.8, 4) is 0 Å². The third kappa shape index (κ3) is 4.14. The Bertz CT molecular complexity index is 899. The van der Waals surface area contributed by atoms with Crippen molar-refractivity contribution < 1.29 is 13.2 Å². The Labute approximate surface area is 170 Å². The highest BCUT2D eigenvalue weighted by Crippen LogP contribution is 2.32. The van der Waals surface area contributed by atoms with E-state index < -0.39 is 16.1 Å². The summed E-state index contributed by atoms with van der Waals surface area (Å²) in [4.78, 5) is 12.7. The van der Waals surface area contributed by atoms with Gasteiger partial charge in [0.25, 0.3) is 10.0 Å². The molecule has 1 aliphatic rings. The van der Waals surface area contributed by atoms with Crippen LogP contribution >= 0.6 is 38.9 Å². The molecule has 0 saturated carbocycles. The number of sulfonamides is 1. The van der Waals surface area contributed by atoms with Gasteiger partial charge in [0.2, 0.25) is 5.91 Å². The zero-order valence-corrected chi connectivity index (χ0v) is 18.0. The highest BCUT2D eigenvalue weighted by molar-refractivity contribution is 9.10. The van der Waals surface area contributed by atoms with Gasteiger partial charge in [-0.2, -0.15) is 4.31 Å². The van der Waals surface area contributed by atoms with E-state index in [1.807, 2.05) is 31.2 Å². The van der Waals surface area contributed by atoms with Crippen LogP contribution in [-0.2, 0) is 14.8 Å². The molecule has 1 aliphatic heterocycles. The summed E-state index contributed by atoms with van der Waals surface area (Å²) in [6.07, 6.45) is 1.17. The van der Waals surface area contributed by atoms with E-state index in [-0.39, 0.29) is 16.2 Å². The molecule has 1 fully saturated rings. The van der Waals surface area contributed by atoms with Crippen LogP contribution in [-0.4, -0.2) is 31.2 Å². The fourth-order valence-corrected chi connectivity index (χ4v) is 6.52. The molecule has 5 nitrogen and oxygen atoms in total. The van der Waals surface area contributed by atoms with E-state index in [2.05, 4.69) is 21.2 Å². The summed E-state index contributed by atoms with van der Waals surface area (Å²) in [6, 6.07) is 9.79. The van der Waals surface area contributed by atoms with E-state index in [9.17, 15) is 13.2 Å². The van der Waals surface area contributed by atoms with Crippen molar-refractivity contribution in [2.75, 3.05) is 6.54 Å². The third-order valence-corrected chi connectivity index (χ3v) is 8.48. The van der Waals surface area contributed by atoms with Gasteiger partial charge >= 0.3 is 0 Å². The summed E-state index contributed by atoms with van der Waals surface area (Å²) in [7, 11) is -3.72. The molecule has 2 atom stereocenters. The monoisotopic (exact) mass is 476 g/mol. The molecule has 3 rings (SSSR count). The number of nitrogens with zero attached hydrogens (tertiary/aromatic N) is 1. The van der Waals surface area contributed by atoms with Crippen molar-refractivity contribution in [1.82, 2.24) is 9.62 Å². The van der Waals surface area contributed by atoms with Gasteiger partial charge in [-0.15, -0.1) is 11.3 Å². The van der Waals surface area contributed by atoms with Gasteiger partial charge in [0.05, 0.1) is 10.4 Å². The Balaban J connectivity index is 1.75. The van der Waals surface area contributed by atoms with E-state index in [1.165, 1.54) is 10.4 Å². The van der Waals surface area contributed by atoms with Crippen LogP contribution in [0.1, 0.15) is 31.4 Å². The van der Waals surface area contributed by atoms with E-state index in [0.29, 0.717) is 23.7 Å². The number of rotatable bonds is 5. The SMILES string of the molecule is C[C@H](NC(=O)[C@@H]1CCCN1S(=O)(=O)c1ccc(Cl)s1)c1ccc(Br)cc1. The molecule has 0 radical (unpaired) electrons. The summed E-state index contributed by atoms with van der Waals surface area (Å²) < 4.78 is 28.5. The minimum Gasteiger partial charge on any atom is -0.348 e. The Morgan fingerprint density at radius 3 is 2.62 bits per heavy atom. The van der Waals surface area contributed by atoms with Gasteiger partial charge in [0.1, 0.15) is 10.3 Å². The Hall–Kier alpha value is -0.930. The smallest absolute Gasteiger partial charge is 0.253 e. The third-order valence-electron chi connectivity index (χ3n) is 4.35. The lowest BCUT2D eigenvalue weighted by Gasteiger charge is -2.24. The van der Waals surface area contributed by atoms with Crippen LogP contribution in [0.15, 0.2) is 45.1 Å². The molecule has 2 heterocycles. The standard InChI is InChI=1S/C17H18BrClN2O3S2/c1-11(12-4-6-13(18)7-5-12)20-17(22)14-3-2-10-21(14)26(23,24)16-9-8-15(19)25-16/h4-9,11,14H,2-3,10H2,1H3,(H,20,22)/t11-,14-/m0/s1. The number of benzene rings is 1. The number of amides is 1. The molecule has 1 N–H and O–H groups in total. The molecule has 0 unspecified atom stereocenters. The van der Waals surface area contributed by atoms with E-state index in [4.69, 9.17) is 11.6 Å². The van der Waals surface area contributed by atoms with Crippen molar-refractivity contribution in [2.45, 2.75) is 36.1 Å². The zero-order chi connectivity index (χ0) is 18.9. The van der Waals surface area contributed by atoms with Crippen molar-refractivity contribution in [3.63, 3.8) is 0 Å².